The van der Waals surface area contributed by atoms with Crippen molar-refractivity contribution in [2.75, 3.05) is 26.7 Å². The molecule has 0 fully saturated rings. The van der Waals surface area contributed by atoms with Crippen molar-refractivity contribution >= 4 is 11.7 Å². The number of ketones is 1. The van der Waals surface area contributed by atoms with Gasteiger partial charge in [0.1, 0.15) is 0 Å². The van der Waals surface area contributed by atoms with Crippen molar-refractivity contribution in [3.05, 3.63) is 0 Å². The minimum absolute atomic E-state index is 0.0173. The molecule has 172 valence electrons. The highest BCUT2D eigenvalue weighted by Gasteiger charge is 2.19. The Bertz CT molecular complexity index is 388. The van der Waals surface area contributed by atoms with E-state index in [0.717, 1.165) is 58.2 Å². The van der Waals surface area contributed by atoms with Crippen molar-refractivity contribution < 1.29 is 9.59 Å². The number of nitrogens with one attached hydrogen (secondary N) is 3. The molecule has 1 atom stereocenters. The second kappa shape index (κ2) is 21.8. The van der Waals surface area contributed by atoms with Crippen LogP contribution in [0.25, 0.3) is 0 Å². The zero-order valence-electron chi connectivity index (χ0n) is 19.6. The number of hydrogen-bond donors (Lipinski definition) is 3. The van der Waals surface area contributed by atoms with Crippen LogP contribution in [0.3, 0.4) is 0 Å². The molecular formula is C24H49N3O2. The van der Waals surface area contributed by atoms with Gasteiger partial charge in [-0.05, 0) is 71.6 Å². The van der Waals surface area contributed by atoms with Crippen molar-refractivity contribution in [1.29, 1.82) is 0 Å². The van der Waals surface area contributed by atoms with Gasteiger partial charge in [-0.15, -0.1) is 0 Å². The molecule has 0 saturated carbocycles. The molecule has 1 amide bonds. The Balaban J connectivity index is 3.83. The van der Waals surface area contributed by atoms with E-state index in [-0.39, 0.29) is 17.7 Å². The van der Waals surface area contributed by atoms with E-state index in [2.05, 4.69) is 22.9 Å². The molecule has 0 aliphatic carbocycles. The van der Waals surface area contributed by atoms with E-state index in [1.165, 1.54) is 44.9 Å². The van der Waals surface area contributed by atoms with Gasteiger partial charge in [0, 0.05) is 12.8 Å². The first kappa shape index (κ1) is 28.1. The zero-order valence-corrected chi connectivity index (χ0v) is 19.6. The summed E-state index contributed by atoms with van der Waals surface area (Å²) in [6.45, 7) is 7.47. The Morgan fingerprint density at radius 1 is 0.690 bits per heavy atom. The highest BCUT2D eigenvalue weighted by molar-refractivity contribution is 5.88. The van der Waals surface area contributed by atoms with Gasteiger partial charge in [0.25, 0.3) is 0 Å². The normalized spacial score (nSPS) is 12.1. The summed E-state index contributed by atoms with van der Waals surface area (Å²) in [6, 6.07) is -0.286. The smallest absolute Gasteiger partial charge is 0.220 e. The molecule has 0 spiro atoms. The number of Topliss-reactive ketones (excluding diaryl/α,β-unsaturated/α-hetero) is 1. The monoisotopic (exact) mass is 411 g/mol. The molecule has 29 heavy (non-hydrogen) atoms. The molecule has 0 aromatic heterocycles. The molecule has 0 rings (SSSR count). The number of unbranched alkanes of at least 4 members (excludes halogenated alkanes) is 8. The summed E-state index contributed by atoms with van der Waals surface area (Å²) in [5.41, 5.74) is 0. The fourth-order valence-corrected chi connectivity index (χ4v) is 3.49. The lowest BCUT2D eigenvalue weighted by molar-refractivity contribution is -0.128. The van der Waals surface area contributed by atoms with Gasteiger partial charge >= 0.3 is 0 Å². The zero-order chi connectivity index (χ0) is 21.6. The number of hydrogen-bond acceptors (Lipinski definition) is 4. The molecule has 0 aliphatic heterocycles. The lowest BCUT2D eigenvalue weighted by Crippen LogP contribution is -2.40. The van der Waals surface area contributed by atoms with Gasteiger partial charge in [0.2, 0.25) is 5.91 Å². The van der Waals surface area contributed by atoms with E-state index in [1.54, 1.807) is 0 Å². The van der Waals surface area contributed by atoms with Gasteiger partial charge < -0.3 is 16.0 Å². The highest BCUT2D eigenvalue weighted by Crippen LogP contribution is 2.11. The molecule has 0 aromatic rings. The Morgan fingerprint density at radius 3 is 1.97 bits per heavy atom. The first-order chi connectivity index (χ1) is 14.2. The van der Waals surface area contributed by atoms with Crippen LogP contribution in [0.1, 0.15) is 110 Å². The van der Waals surface area contributed by atoms with Gasteiger partial charge in [0.05, 0.1) is 6.04 Å². The van der Waals surface area contributed by atoms with E-state index in [9.17, 15) is 9.59 Å². The van der Waals surface area contributed by atoms with E-state index in [1.807, 2.05) is 14.0 Å². The molecule has 0 radical (unpaired) electrons. The first-order valence-corrected chi connectivity index (χ1v) is 12.3. The number of rotatable bonds is 22. The molecule has 0 aliphatic rings. The third-order valence-corrected chi connectivity index (χ3v) is 5.35. The third-order valence-electron chi connectivity index (χ3n) is 5.35. The van der Waals surface area contributed by atoms with Crippen LogP contribution in [0.5, 0.6) is 0 Å². The van der Waals surface area contributed by atoms with Crippen LogP contribution in [0, 0.1) is 0 Å². The Hall–Kier alpha value is -0.940. The minimum Gasteiger partial charge on any atom is -0.346 e. The van der Waals surface area contributed by atoms with Crippen molar-refractivity contribution in [2.24, 2.45) is 0 Å². The van der Waals surface area contributed by atoms with Crippen LogP contribution in [-0.2, 0) is 9.59 Å². The standard InChI is InChI=1S/C24H49N3O2/c1-4-6-20-26-21-14-11-9-7-8-10-12-18-23(28)22(17-13-15-19-25-3)27-24(29)16-5-2/h22,25-26H,4-21H2,1-3H3,(H,27,29). The summed E-state index contributed by atoms with van der Waals surface area (Å²) in [5.74, 6) is 0.237. The SMILES string of the molecule is CCCCNCCCCCCCCCC(=O)C(CCCCNC)NC(=O)CCC. The molecule has 0 aromatic carbocycles. The summed E-state index contributed by atoms with van der Waals surface area (Å²) in [7, 11) is 1.94. The third kappa shape index (κ3) is 18.8. The molecular weight excluding hydrogens is 362 g/mol. The maximum atomic E-state index is 12.6. The van der Waals surface area contributed by atoms with E-state index in [4.69, 9.17) is 0 Å². The molecule has 0 saturated heterocycles. The van der Waals surface area contributed by atoms with Crippen LogP contribution < -0.4 is 16.0 Å². The molecule has 0 bridgehead atoms. The summed E-state index contributed by atoms with van der Waals surface area (Å²) in [5, 5.41) is 9.60. The van der Waals surface area contributed by atoms with E-state index >= 15 is 0 Å². The van der Waals surface area contributed by atoms with Crippen molar-refractivity contribution in [3.63, 3.8) is 0 Å². The number of carbonyl (C=O) groups is 2. The van der Waals surface area contributed by atoms with E-state index < -0.39 is 0 Å². The maximum absolute atomic E-state index is 12.6. The summed E-state index contributed by atoms with van der Waals surface area (Å²) >= 11 is 0. The Kier molecular flexibility index (Phi) is 21.1. The predicted octanol–water partition coefficient (Wildman–Crippen LogP) is 4.74. The van der Waals surface area contributed by atoms with Gasteiger partial charge in [0.15, 0.2) is 5.78 Å². The Morgan fingerprint density at radius 2 is 1.31 bits per heavy atom. The van der Waals surface area contributed by atoms with Gasteiger partial charge in [-0.1, -0.05) is 52.4 Å². The summed E-state index contributed by atoms with van der Waals surface area (Å²) in [6.07, 6.45) is 15.7. The second-order valence-electron chi connectivity index (χ2n) is 8.26. The van der Waals surface area contributed by atoms with Crippen molar-refractivity contribution in [3.8, 4) is 0 Å². The molecule has 0 heterocycles. The van der Waals surface area contributed by atoms with Crippen LogP contribution in [0.4, 0.5) is 0 Å². The van der Waals surface area contributed by atoms with E-state index in [0.29, 0.717) is 12.8 Å². The summed E-state index contributed by atoms with van der Waals surface area (Å²) in [4.78, 5) is 24.5. The predicted molar refractivity (Wildman–Crippen MR) is 124 cm³/mol. The minimum atomic E-state index is -0.286. The van der Waals surface area contributed by atoms with Gasteiger partial charge in [-0.2, -0.15) is 0 Å². The fraction of sp³-hybridized carbons (Fsp3) is 0.917. The number of carbonyl (C=O) groups excluding carboxylic acids is 2. The van der Waals surface area contributed by atoms with Gasteiger partial charge in [-0.25, -0.2) is 0 Å². The molecule has 5 nitrogen and oxygen atoms in total. The summed E-state index contributed by atoms with van der Waals surface area (Å²) < 4.78 is 0. The fourth-order valence-electron chi connectivity index (χ4n) is 3.49. The highest BCUT2D eigenvalue weighted by atomic mass is 16.2. The van der Waals surface area contributed by atoms with Crippen LogP contribution in [-0.4, -0.2) is 44.4 Å². The van der Waals surface area contributed by atoms with Crippen molar-refractivity contribution in [2.45, 2.75) is 116 Å². The lowest BCUT2D eigenvalue weighted by atomic mass is 9.99. The van der Waals surface area contributed by atoms with Crippen LogP contribution >= 0.6 is 0 Å². The van der Waals surface area contributed by atoms with Crippen LogP contribution in [0.2, 0.25) is 0 Å². The average Bonchev–Trinajstić information content (AvgIpc) is 2.71. The first-order valence-electron chi connectivity index (χ1n) is 12.3. The molecule has 3 N–H and O–H groups in total. The lowest BCUT2D eigenvalue weighted by Gasteiger charge is -2.18. The quantitative estimate of drug-likeness (QED) is 0.225. The largest absolute Gasteiger partial charge is 0.346 e. The van der Waals surface area contributed by atoms with Gasteiger partial charge in [-0.3, -0.25) is 9.59 Å². The van der Waals surface area contributed by atoms with Crippen molar-refractivity contribution in [1.82, 2.24) is 16.0 Å². The molecule has 1 unspecified atom stereocenters. The topological polar surface area (TPSA) is 70.2 Å². The average molecular weight is 412 g/mol. The molecule has 5 heteroatoms. The Labute approximate surface area is 180 Å². The number of amides is 1. The second-order valence-corrected chi connectivity index (χ2v) is 8.26. The maximum Gasteiger partial charge on any atom is 0.220 e. The van der Waals surface area contributed by atoms with Crippen LogP contribution in [0.15, 0.2) is 0 Å².